The second kappa shape index (κ2) is 5.76. The smallest absolute Gasteiger partial charge is 0.126 e. The van der Waals surface area contributed by atoms with Gasteiger partial charge in [-0.15, -0.1) is 0 Å². The predicted octanol–water partition coefficient (Wildman–Crippen LogP) is 3.75. The number of rotatable bonds is 5. The maximum absolute atomic E-state index is 13.7. The summed E-state index contributed by atoms with van der Waals surface area (Å²) in [6.07, 6.45) is 1.93. The van der Waals surface area contributed by atoms with Crippen molar-refractivity contribution >= 4 is 0 Å². The fourth-order valence-corrected chi connectivity index (χ4v) is 3.18. The van der Waals surface area contributed by atoms with E-state index in [4.69, 9.17) is 5.73 Å². The first kappa shape index (κ1) is 13.3. The van der Waals surface area contributed by atoms with Crippen molar-refractivity contribution in [3.63, 3.8) is 0 Å². The third-order valence-corrected chi connectivity index (χ3v) is 4.42. The maximum atomic E-state index is 13.7. The fraction of sp³-hybridized carbons (Fsp3) is 0.333. The molecular formula is C18H20FN. The molecule has 0 aliphatic heterocycles. The van der Waals surface area contributed by atoms with Gasteiger partial charge < -0.3 is 5.73 Å². The minimum Gasteiger partial charge on any atom is -0.330 e. The molecule has 0 spiro atoms. The largest absolute Gasteiger partial charge is 0.330 e. The highest BCUT2D eigenvalue weighted by atomic mass is 19.1. The quantitative estimate of drug-likeness (QED) is 0.879. The molecule has 0 aromatic heterocycles. The van der Waals surface area contributed by atoms with Gasteiger partial charge in [0, 0.05) is 0 Å². The molecule has 3 atom stereocenters. The zero-order valence-corrected chi connectivity index (χ0v) is 11.5. The average molecular weight is 269 g/mol. The van der Waals surface area contributed by atoms with E-state index in [2.05, 4.69) is 24.3 Å². The summed E-state index contributed by atoms with van der Waals surface area (Å²) in [6, 6.07) is 17.6. The number of benzene rings is 2. The molecule has 1 fully saturated rings. The van der Waals surface area contributed by atoms with Crippen LogP contribution >= 0.6 is 0 Å². The van der Waals surface area contributed by atoms with Crippen LogP contribution in [0.15, 0.2) is 54.6 Å². The number of hydrogen-bond acceptors (Lipinski definition) is 1. The SMILES string of the molecule is NCC(Cc1ccccc1F)C1CC1c1ccccc1. The van der Waals surface area contributed by atoms with E-state index in [9.17, 15) is 4.39 Å². The average Bonchev–Trinajstić information content (AvgIpc) is 3.28. The molecule has 2 heteroatoms. The molecule has 2 aromatic rings. The highest BCUT2D eigenvalue weighted by Gasteiger charge is 2.43. The summed E-state index contributed by atoms with van der Waals surface area (Å²) in [7, 11) is 0. The van der Waals surface area contributed by atoms with E-state index in [-0.39, 0.29) is 5.82 Å². The Kier molecular flexibility index (Phi) is 3.83. The predicted molar refractivity (Wildman–Crippen MR) is 79.9 cm³/mol. The van der Waals surface area contributed by atoms with Crippen LogP contribution in [0.25, 0.3) is 0 Å². The molecule has 1 aliphatic carbocycles. The van der Waals surface area contributed by atoms with Gasteiger partial charge in [-0.3, -0.25) is 0 Å². The lowest BCUT2D eigenvalue weighted by molar-refractivity contribution is 0.451. The van der Waals surface area contributed by atoms with Crippen LogP contribution in [-0.2, 0) is 6.42 Å². The van der Waals surface area contributed by atoms with Crippen LogP contribution in [0.1, 0.15) is 23.5 Å². The summed E-state index contributed by atoms with van der Waals surface area (Å²) in [4.78, 5) is 0. The molecule has 1 nitrogen and oxygen atoms in total. The van der Waals surface area contributed by atoms with Gasteiger partial charge in [0.05, 0.1) is 0 Å². The minimum absolute atomic E-state index is 0.108. The van der Waals surface area contributed by atoms with Crippen molar-refractivity contribution in [2.75, 3.05) is 6.54 Å². The van der Waals surface area contributed by atoms with E-state index < -0.39 is 0 Å². The Balaban J connectivity index is 1.69. The first-order valence-corrected chi connectivity index (χ1v) is 7.28. The van der Waals surface area contributed by atoms with Crippen molar-refractivity contribution in [3.05, 3.63) is 71.5 Å². The van der Waals surface area contributed by atoms with Gasteiger partial charge >= 0.3 is 0 Å². The molecule has 1 saturated carbocycles. The van der Waals surface area contributed by atoms with Crippen molar-refractivity contribution < 1.29 is 4.39 Å². The molecule has 0 radical (unpaired) electrons. The van der Waals surface area contributed by atoms with Gasteiger partial charge in [-0.2, -0.15) is 0 Å². The second-order valence-electron chi connectivity index (χ2n) is 5.71. The molecule has 104 valence electrons. The van der Waals surface area contributed by atoms with Gasteiger partial charge in [0.2, 0.25) is 0 Å². The zero-order chi connectivity index (χ0) is 13.9. The maximum Gasteiger partial charge on any atom is 0.126 e. The topological polar surface area (TPSA) is 26.0 Å². The van der Waals surface area contributed by atoms with Crippen molar-refractivity contribution in [3.8, 4) is 0 Å². The zero-order valence-electron chi connectivity index (χ0n) is 11.5. The summed E-state index contributed by atoms with van der Waals surface area (Å²) in [6.45, 7) is 0.627. The fourth-order valence-electron chi connectivity index (χ4n) is 3.18. The lowest BCUT2D eigenvalue weighted by atomic mass is 9.92. The first-order valence-electron chi connectivity index (χ1n) is 7.28. The van der Waals surface area contributed by atoms with Crippen molar-refractivity contribution in [1.29, 1.82) is 0 Å². The van der Waals surface area contributed by atoms with E-state index in [0.29, 0.717) is 24.3 Å². The van der Waals surface area contributed by atoms with Crippen molar-refractivity contribution in [2.24, 2.45) is 17.6 Å². The number of nitrogens with two attached hydrogens (primary N) is 1. The van der Waals surface area contributed by atoms with Gasteiger partial charge in [0.25, 0.3) is 0 Å². The molecule has 2 aromatic carbocycles. The molecule has 0 bridgehead atoms. The van der Waals surface area contributed by atoms with Gasteiger partial charge in [0.15, 0.2) is 0 Å². The van der Waals surface area contributed by atoms with Gasteiger partial charge in [-0.25, -0.2) is 4.39 Å². The monoisotopic (exact) mass is 269 g/mol. The molecule has 3 unspecified atom stereocenters. The number of hydrogen-bond donors (Lipinski definition) is 1. The summed E-state index contributed by atoms with van der Waals surface area (Å²) < 4.78 is 13.7. The summed E-state index contributed by atoms with van der Waals surface area (Å²) in [5, 5.41) is 0. The standard InChI is InChI=1S/C18H20FN/c19-18-9-5-4-8-14(18)10-15(12-20)17-11-16(17)13-6-2-1-3-7-13/h1-9,15-17H,10-12,20H2. The highest BCUT2D eigenvalue weighted by Crippen LogP contribution is 2.52. The molecule has 0 heterocycles. The van der Waals surface area contributed by atoms with Crippen LogP contribution in [0.5, 0.6) is 0 Å². The summed E-state index contributed by atoms with van der Waals surface area (Å²) >= 11 is 0. The Morgan fingerprint density at radius 2 is 1.75 bits per heavy atom. The second-order valence-corrected chi connectivity index (χ2v) is 5.71. The third kappa shape index (κ3) is 2.75. The molecular weight excluding hydrogens is 249 g/mol. The molecule has 0 saturated heterocycles. The van der Waals surface area contributed by atoms with Gasteiger partial charge in [-0.1, -0.05) is 48.5 Å². The Bertz CT molecular complexity index is 567. The summed E-state index contributed by atoms with van der Waals surface area (Å²) in [5.41, 5.74) is 8.12. The Morgan fingerprint density at radius 1 is 1.05 bits per heavy atom. The Labute approximate surface area is 119 Å². The van der Waals surface area contributed by atoms with E-state index in [0.717, 1.165) is 12.0 Å². The van der Waals surface area contributed by atoms with Gasteiger partial charge in [0.1, 0.15) is 5.82 Å². The van der Waals surface area contributed by atoms with Crippen LogP contribution in [0.3, 0.4) is 0 Å². The van der Waals surface area contributed by atoms with E-state index in [1.165, 1.54) is 18.1 Å². The number of halogens is 1. The third-order valence-electron chi connectivity index (χ3n) is 4.42. The summed E-state index contributed by atoms with van der Waals surface area (Å²) in [5.74, 6) is 1.47. The normalized spacial score (nSPS) is 22.5. The highest BCUT2D eigenvalue weighted by molar-refractivity contribution is 5.27. The molecule has 1 aliphatic rings. The van der Waals surface area contributed by atoms with Crippen molar-refractivity contribution in [2.45, 2.75) is 18.8 Å². The lowest BCUT2D eigenvalue weighted by Gasteiger charge is -2.15. The molecule has 2 N–H and O–H groups in total. The van der Waals surface area contributed by atoms with E-state index in [1.807, 2.05) is 18.2 Å². The Morgan fingerprint density at radius 3 is 2.45 bits per heavy atom. The molecule has 0 amide bonds. The van der Waals surface area contributed by atoms with Crippen LogP contribution in [0, 0.1) is 17.7 Å². The van der Waals surface area contributed by atoms with Crippen LogP contribution in [0.4, 0.5) is 4.39 Å². The first-order chi connectivity index (χ1) is 9.79. The van der Waals surface area contributed by atoms with Crippen LogP contribution in [-0.4, -0.2) is 6.54 Å². The molecule has 3 rings (SSSR count). The van der Waals surface area contributed by atoms with Gasteiger partial charge in [-0.05, 0) is 54.3 Å². The Hall–Kier alpha value is -1.67. The molecule has 20 heavy (non-hydrogen) atoms. The lowest BCUT2D eigenvalue weighted by Crippen LogP contribution is -2.20. The van der Waals surface area contributed by atoms with Crippen molar-refractivity contribution in [1.82, 2.24) is 0 Å². The van der Waals surface area contributed by atoms with E-state index >= 15 is 0 Å². The van der Waals surface area contributed by atoms with E-state index in [1.54, 1.807) is 6.07 Å². The minimum atomic E-state index is -0.108. The van der Waals surface area contributed by atoms with Crippen LogP contribution in [0.2, 0.25) is 0 Å². The van der Waals surface area contributed by atoms with Crippen LogP contribution < -0.4 is 5.73 Å².